The minimum Gasteiger partial charge on any atom is -0.377 e. The van der Waals surface area contributed by atoms with E-state index in [1.165, 1.54) is 6.42 Å². The predicted octanol–water partition coefficient (Wildman–Crippen LogP) is 2.76. The van der Waals surface area contributed by atoms with Crippen LogP contribution in [0.2, 0.25) is 5.02 Å². The average molecular weight is 296 g/mol. The minimum absolute atomic E-state index is 0.187. The number of primary amides is 1. The largest absolute Gasteiger partial charge is 0.377 e. The zero-order valence-electron chi connectivity index (χ0n) is 11.8. The topological polar surface area (TPSA) is 81.1 Å². The molecule has 1 aliphatic rings. The molecule has 20 heavy (non-hydrogen) atoms. The third-order valence-corrected chi connectivity index (χ3v) is 4.68. The highest BCUT2D eigenvalue weighted by Crippen LogP contribution is 2.37. The Morgan fingerprint density at radius 1 is 1.50 bits per heavy atom. The molecule has 2 atom stereocenters. The van der Waals surface area contributed by atoms with Crippen molar-refractivity contribution in [3.05, 3.63) is 28.8 Å². The molecule has 1 saturated carbocycles. The maximum Gasteiger partial charge on any atom is 0.250 e. The number of rotatable bonds is 4. The number of carbonyl (C=O) groups is 1. The second-order valence-electron chi connectivity index (χ2n) is 5.69. The molecular weight excluding hydrogens is 274 g/mol. The highest BCUT2D eigenvalue weighted by Gasteiger charge is 2.37. The maximum atomic E-state index is 11.6. The lowest BCUT2D eigenvalue weighted by Gasteiger charge is -2.43. The molecule has 0 aromatic heterocycles. The van der Waals surface area contributed by atoms with Gasteiger partial charge in [0.15, 0.2) is 0 Å². The van der Waals surface area contributed by atoms with Crippen LogP contribution in [0.1, 0.15) is 43.0 Å². The van der Waals surface area contributed by atoms with Gasteiger partial charge in [-0.1, -0.05) is 31.4 Å². The quantitative estimate of drug-likeness (QED) is 0.799. The van der Waals surface area contributed by atoms with E-state index in [2.05, 4.69) is 12.2 Å². The lowest BCUT2D eigenvalue weighted by molar-refractivity contribution is 0.100. The van der Waals surface area contributed by atoms with Crippen molar-refractivity contribution >= 4 is 23.2 Å². The first-order valence-corrected chi connectivity index (χ1v) is 7.44. The van der Waals surface area contributed by atoms with Crippen molar-refractivity contribution in [2.75, 3.05) is 11.9 Å². The third-order valence-electron chi connectivity index (χ3n) is 4.45. The van der Waals surface area contributed by atoms with Crippen LogP contribution in [0.3, 0.4) is 0 Å². The standard InChI is InChI=1S/C15H22ClN3O/c1-10-4-2-3-7-15(10,9-17)19-13-8-11(16)5-6-12(13)14(18)20/h5-6,8,10,19H,2-4,7,9,17H2,1H3,(H2,18,20). The van der Waals surface area contributed by atoms with Crippen LogP contribution >= 0.6 is 11.6 Å². The van der Waals surface area contributed by atoms with E-state index >= 15 is 0 Å². The van der Waals surface area contributed by atoms with Crippen molar-refractivity contribution in [1.29, 1.82) is 0 Å². The van der Waals surface area contributed by atoms with E-state index in [-0.39, 0.29) is 5.54 Å². The van der Waals surface area contributed by atoms with Gasteiger partial charge in [-0.15, -0.1) is 0 Å². The van der Waals surface area contributed by atoms with Crippen LogP contribution in [0, 0.1) is 5.92 Å². The number of hydrogen-bond acceptors (Lipinski definition) is 3. The van der Waals surface area contributed by atoms with Gasteiger partial charge in [0, 0.05) is 17.3 Å². The molecule has 1 amide bonds. The molecular formula is C15H22ClN3O. The number of carbonyl (C=O) groups excluding carboxylic acids is 1. The zero-order valence-corrected chi connectivity index (χ0v) is 12.5. The number of benzene rings is 1. The molecule has 2 unspecified atom stereocenters. The fraction of sp³-hybridized carbons (Fsp3) is 0.533. The van der Waals surface area contributed by atoms with Crippen molar-refractivity contribution in [1.82, 2.24) is 0 Å². The number of halogens is 1. The lowest BCUT2D eigenvalue weighted by Crippen LogP contribution is -2.52. The van der Waals surface area contributed by atoms with Crippen LogP contribution in [0.15, 0.2) is 18.2 Å². The summed E-state index contributed by atoms with van der Waals surface area (Å²) in [4.78, 5) is 11.6. The molecule has 1 aliphatic carbocycles. The van der Waals surface area contributed by atoms with Crippen molar-refractivity contribution in [3.8, 4) is 0 Å². The van der Waals surface area contributed by atoms with E-state index in [0.717, 1.165) is 19.3 Å². The van der Waals surface area contributed by atoms with Crippen molar-refractivity contribution < 1.29 is 4.79 Å². The second-order valence-corrected chi connectivity index (χ2v) is 6.12. The van der Waals surface area contributed by atoms with Gasteiger partial charge in [-0.3, -0.25) is 4.79 Å². The first-order chi connectivity index (χ1) is 9.48. The summed E-state index contributed by atoms with van der Waals surface area (Å²) in [7, 11) is 0. The number of amides is 1. The molecule has 1 aromatic rings. The average Bonchev–Trinajstić information content (AvgIpc) is 2.41. The van der Waals surface area contributed by atoms with E-state index in [0.29, 0.717) is 28.7 Å². The highest BCUT2D eigenvalue weighted by molar-refractivity contribution is 6.31. The van der Waals surface area contributed by atoms with Crippen LogP contribution in [-0.4, -0.2) is 18.0 Å². The number of hydrogen-bond donors (Lipinski definition) is 3. The number of nitrogens with two attached hydrogens (primary N) is 2. The smallest absolute Gasteiger partial charge is 0.250 e. The van der Waals surface area contributed by atoms with Gasteiger partial charge < -0.3 is 16.8 Å². The Morgan fingerprint density at radius 2 is 2.25 bits per heavy atom. The van der Waals surface area contributed by atoms with Gasteiger partial charge in [0.05, 0.1) is 11.1 Å². The summed E-state index contributed by atoms with van der Waals surface area (Å²) < 4.78 is 0. The van der Waals surface area contributed by atoms with E-state index in [4.69, 9.17) is 23.1 Å². The van der Waals surface area contributed by atoms with E-state index < -0.39 is 5.91 Å². The second kappa shape index (κ2) is 6.02. The van der Waals surface area contributed by atoms with Crippen molar-refractivity contribution in [3.63, 3.8) is 0 Å². The maximum absolute atomic E-state index is 11.6. The monoisotopic (exact) mass is 295 g/mol. The summed E-state index contributed by atoms with van der Waals surface area (Å²) in [6, 6.07) is 5.08. The van der Waals surface area contributed by atoms with Gasteiger partial charge in [-0.05, 0) is 37.0 Å². The fourth-order valence-corrected chi connectivity index (χ4v) is 3.23. The van der Waals surface area contributed by atoms with Crippen LogP contribution in [-0.2, 0) is 0 Å². The van der Waals surface area contributed by atoms with Crippen LogP contribution < -0.4 is 16.8 Å². The molecule has 0 saturated heterocycles. The zero-order chi connectivity index (χ0) is 14.8. The van der Waals surface area contributed by atoms with Crippen molar-refractivity contribution in [2.24, 2.45) is 17.4 Å². The van der Waals surface area contributed by atoms with E-state index in [1.807, 2.05) is 0 Å². The predicted molar refractivity (Wildman–Crippen MR) is 83.0 cm³/mol. The van der Waals surface area contributed by atoms with Gasteiger partial charge in [-0.2, -0.15) is 0 Å². The van der Waals surface area contributed by atoms with Gasteiger partial charge in [0.1, 0.15) is 0 Å². The van der Waals surface area contributed by atoms with E-state index in [1.54, 1.807) is 18.2 Å². The minimum atomic E-state index is -0.459. The normalized spacial score (nSPS) is 26.2. The molecule has 0 aliphatic heterocycles. The molecule has 2 rings (SSSR count). The molecule has 0 spiro atoms. The molecule has 1 aromatic carbocycles. The SMILES string of the molecule is CC1CCCCC1(CN)Nc1cc(Cl)ccc1C(N)=O. The van der Waals surface area contributed by atoms with Gasteiger partial charge in [0.2, 0.25) is 0 Å². The Kier molecular flexibility index (Phi) is 4.55. The van der Waals surface area contributed by atoms with Gasteiger partial charge in [0.25, 0.3) is 5.91 Å². The van der Waals surface area contributed by atoms with E-state index in [9.17, 15) is 4.79 Å². The molecule has 110 valence electrons. The molecule has 0 radical (unpaired) electrons. The first-order valence-electron chi connectivity index (χ1n) is 7.06. The number of anilines is 1. The molecule has 0 bridgehead atoms. The highest BCUT2D eigenvalue weighted by atomic mass is 35.5. The molecule has 5 N–H and O–H groups in total. The first kappa shape index (κ1) is 15.1. The lowest BCUT2D eigenvalue weighted by atomic mass is 9.73. The summed E-state index contributed by atoms with van der Waals surface area (Å²) >= 11 is 6.04. The Balaban J connectivity index is 2.36. The molecule has 5 heteroatoms. The van der Waals surface area contributed by atoms with Gasteiger partial charge in [-0.25, -0.2) is 0 Å². The Labute approximate surface area is 124 Å². The Bertz CT molecular complexity index is 506. The summed E-state index contributed by atoms with van der Waals surface area (Å²) in [6.07, 6.45) is 4.50. The Morgan fingerprint density at radius 3 is 2.85 bits per heavy atom. The molecule has 4 nitrogen and oxygen atoms in total. The van der Waals surface area contributed by atoms with Crippen LogP contribution in [0.5, 0.6) is 0 Å². The van der Waals surface area contributed by atoms with Crippen LogP contribution in [0.4, 0.5) is 5.69 Å². The molecule has 1 fully saturated rings. The summed E-state index contributed by atoms with van der Waals surface area (Å²) in [5.41, 5.74) is 12.4. The van der Waals surface area contributed by atoms with Crippen molar-refractivity contribution in [2.45, 2.75) is 38.1 Å². The summed E-state index contributed by atoms with van der Waals surface area (Å²) in [5, 5.41) is 4.05. The summed E-state index contributed by atoms with van der Waals surface area (Å²) in [6.45, 7) is 2.73. The summed E-state index contributed by atoms with van der Waals surface area (Å²) in [5.74, 6) is -0.0132. The third kappa shape index (κ3) is 2.91. The number of nitrogens with one attached hydrogen (secondary N) is 1. The molecule has 0 heterocycles. The Hall–Kier alpha value is -1.26. The fourth-order valence-electron chi connectivity index (χ4n) is 3.06. The van der Waals surface area contributed by atoms with Crippen LogP contribution in [0.25, 0.3) is 0 Å². The van der Waals surface area contributed by atoms with Gasteiger partial charge >= 0.3 is 0 Å².